The van der Waals surface area contributed by atoms with E-state index in [4.69, 9.17) is 14.2 Å². The van der Waals surface area contributed by atoms with Gasteiger partial charge in [-0.15, -0.1) is 0 Å². The van der Waals surface area contributed by atoms with Crippen molar-refractivity contribution in [1.29, 1.82) is 0 Å². The van der Waals surface area contributed by atoms with Crippen LogP contribution < -0.4 is 23.8 Å². The molecule has 226 valence electrons. The topological polar surface area (TPSA) is 114 Å². The minimum absolute atomic E-state index is 0.00488. The van der Waals surface area contributed by atoms with Crippen molar-refractivity contribution < 1.29 is 32.2 Å². The molecule has 0 aliphatic rings. The summed E-state index contributed by atoms with van der Waals surface area (Å²) in [6.45, 7) is 3.59. The van der Waals surface area contributed by atoms with E-state index in [9.17, 15) is 18.0 Å². The van der Waals surface area contributed by atoms with Gasteiger partial charge in [0.25, 0.3) is 10.0 Å². The Morgan fingerprint density at radius 1 is 0.881 bits per heavy atom. The van der Waals surface area contributed by atoms with Crippen LogP contribution >= 0.6 is 0 Å². The fourth-order valence-electron chi connectivity index (χ4n) is 4.27. The van der Waals surface area contributed by atoms with Gasteiger partial charge in [0.15, 0.2) is 0 Å². The molecule has 0 aliphatic carbocycles. The Hall–Kier alpha value is -4.25. The SMILES string of the molecule is CCCCNC(=O)[C@@H](C)N(Cc1ccc(OC)cc1)C(=O)CN(c1cc(OC)ccc1OC)S(=O)(=O)c1ccccc1. The molecule has 1 atom stereocenters. The van der Waals surface area contributed by atoms with Crippen LogP contribution in [0, 0.1) is 0 Å². The summed E-state index contributed by atoms with van der Waals surface area (Å²) in [5, 5.41) is 2.88. The molecule has 42 heavy (non-hydrogen) atoms. The summed E-state index contributed by atoms with van der Waals surface area (Å²) < 4.78 is 45.1. The molecule has 3 rings (SSSR count). The van der Waals surface area contributed by atoms with E-state index in [1.54, 1.807) is 68.6 Å². The van der Waals surface area contributed by atoms with Crippen LogP contribution in [0.2, 0.25) is 0 Å². The molecule has 0 radical (unpaired) electrons. The zero-order valence-electron chi connectivity index (χ0n) is 24.7. The highest BCUT2D eigenvalue weighted by atomic mass is 32.2. The molecule has 0 bridgehead atoms. The lowest BCUT2D eigenvalue weighted by molar-refractivity contribution is -0.139. The zero-order chi connectivity index (χ0) is 30.7. The first-order chi connectivity index (χ1) is 20.2. The Labute approximate surface area is 248 Å². The molecule has 0 unspecified atom stereocenters. The predicted molar refractivity (Wildman–Crippen MR) is 161 cm³/mol. The Morgan fingerprint density at radius 3 is 2.12 bits per heavy atom. The Balaban J connectivity index is 2.07. The van der Waals surface area contributed by atoms with E-state index in [-0.39, 0.29) is 28.8 Å². The third-order valence-corrected chi connectivity index (χ3v) is 8.55. The molecule has 0 heterocycles. The molecule has 10 nitrogen and oxygen atoms in total. The van der Waals surface area contributed by atoms with Crippen LogP contribution in [0.25, 0.3) is 0 Å². The van der Waals surface area contributed by atoms with Crippen molar-refractivity contribution in [3.63, 3.8) is 0 Å². The molecule has 0 aliphatic heterocycles. The van der Waals surface area contributed by atoms with Crippen LogP contribution in [0.1, 0.15) is 32.3 Å². The molecule has 0 saturated carbocycles. The number of benzene rings is 3. The van der Waals surface area contributed by atoms with Gasteiger partial charge in [-0.2, -0.15) is 0 Å². The van der Waals surface area contributed by atoms with Gasteiger partial charge in [-0.05, 0) is 55.3 Å². The van der Waals surface area contributed by atoms with Gasteiger partial charge < -0.3 is 24.4 Å². The number of carbonyl (C=O) groups is 2. The molecule has 2 amide bonds. The number of nitrogens with one attached hydrogen (secondary N) is 1. The predicted octanol–water partition coefficient (Wildman–Crippen LogP) is 4.24. The minimum Gasteiger partial charge on any atom is -0.497 e. The average molecular weight is 598 g/mol. The van der Waals surface area contributed by atoms with Crippen LogP contribution in [-0.2, 0) is 26.2 Å². The van der Waals surface area contributed by atoms with E-state index in [2.05, 4.69) is 5.32 Å². The van der Waals surface area contributed by atoms with Gasteiger partial charge in [-0.3, -0.25) is 13.9 Å². The third-order valence-electron chi connectivity index (χ3n) is 6.77. The van der Waals surface area contributed by atoms with Crippen molar-refractivity contribution in [2.24, 2.45) is 0 Å². The van der Waals surface area contributed by atoms with Crippen LogP contribution in [-0.4, -0.2) is 65.6 Å². The van der Waals surface area contributed by atoms with Crippen molar-refractivity contribution in [1.82, 2.24) is 10.2 Å². The van der Waals surface area contributed by atoms with Crippen LogP contribution in [0.3, 0.4) is 0 Å². The van der Waals surface area contributed by atoms with Gasteiger partial charge >= 0.3 is 0 Å². The van der Waals surface area contributed by atoms with E-state index in [0.717, 1.165) is 22.7 Å². The van der Waals surface area contributed by atoms with Gasteiger partial charge in [-0.25, -0.2) is 8.42 Å². The zero-order valence-corrected chi connectivity index (χ0v) is 25.5. The number of hydrogen-bond donors (Lipinski definition) is 1. The molecule has 0 fully saturated rings. The number of amides is 2. The van der Waals surface area contributed by atoms with Crippen molar-refractivity contribution in [3.8, 4) is 17.2 Å². The number of nitrogens with zero attached hydrogens (tertiary/aromatic N) is 2. The molecule has 0 saturated heterocycles. The number of anilines is 1. The maximum Gasteiger partial charge on any atom is 0.264 e. The van der Waals surface area contributed by atoms with E-state index < -0.39 is 28.5 Å². The summed E-state index contributed by atoms with van der Waals surface area (Å²) in [6, 6.07) is 18.8. The van der Waals surface area contributed by atoms with Crippen molar-refractivity contribution in [2.45, 2.75) is 44.2 Å². The second-order valence-corrected chi connectivity index (χ2v) is 11.4. The fraction of sp³-hybridized carbons (Fsp3) is 0.355. The highest BCUT2D eigenvalue weighted by Gasteiger charge is 2.34. The summed E-state index contributed by atoms with van der Waals surface area (Å²) in [7, 11) is 0.182. The standard InChI is InChI=1S/C31H39N3O7S/c1-6-7-19-32-31(36)23(2)33(21-24-13-15-25(39-3)16-14-24)30(35)22-34(42(37,38)27-11-9-8-10-12-27)28-20-26(40-4)17-18-29(28)41-5/h8-18,20,23H,6-7,19,21-22H2,1-5H3,(H,32,36)/t23-/m1/s1. The lowest BCUT2D eigenvalue weighted by Gasteiger charge is -2.32. The first-order valence-electron chi connectivity index (χ1n) is 13.7. The van der Waals surface area contributed by atoms with E-state index >= 15 is 0 Å². The Bertz CT molecular complexity index is 1430. The van der Waals surface area contributed by atoms with Gasteiger partial charge in [0.05, 0.1) is 31.9 Å². The lowest BCUT2D eigenvalue weighted by atomic mass is 10.1. The number of ether oxygens (including phenoxy) is 3. The van der Waals surface area contributed by atoms with Crippen LogP contribution in [0.5, 0.6) is 17.2 Å². The molecule has 0 aromatic heterocycles. The van der Waals surface area contributed by atoms with Gasteiger partial charge in [0, 0.05) is 19.2 Å². The number of unbranched alkanes of at least 4 members (excludes halogenated alkanes) is 1. The largest absolute Gasteiger partial charge is 0.497 e. The smallest absolute Gasteiger partial charge is 0.264 e. The van der Waals surface area contributed by atoms with Gasteiger partial charge in [0.1, 0.15) is 29.8 Å². The van der Waals surface area contributed by atoms with E-state index in [1.807, 2.05) is 6.92 Å². The Kier molecular flexibility index (Phi) is 11.6. The quantitative estimate of drug-likeness (QED) is 0.261. The molecule has 1 N–H and O–H groups in total. The maximum absolute atomic E-state index is 14.1. The molecule has 11 heteroatoms. The van der Waals surface area contributed by atoms with E-state index in [1.165, 1.54) is 37.3 Å². The second kappa shape index (κ2) is 15.1. The monoisotopic (exact) mass is 597 g/mol. The van der Waals surface area contributed by atoms with Gasteiger partial charge in [-0.1, -0.05) is 43.7 Å². The fourth-order valence-corrected chi connectivity index (χ4v) is 5.71. The normalized spacial score (nSPS) is 11.7. The molecule has 3 aromatic rings. The minimum atomic E-state index is -4.25. The van der Waals surface area contributed by atoms with Crippen LogP contribution in [0.4, 0.5) is 5.69 Å². The third kappa shape index (κ3) is 7.94. The highest BCUT2D eigenvalue weighted by Crippen LogP contribution is 2.36. The summed E-state index contributed by atoms with van der Waals surface area (Å²) >= 11 is 0. The van der Waals surface area contributed by atoms with Crippen molar-refractivity contribution in [3.05, 3.63) is 78.4 Å². The number of methoxy groups -OCH3 is 3. The highest BCUT2D eigenvalue weighted by molar-refractivity contribution is 7.92. The Morgan fingerprint density at radius 2 is 1.52 bits per heavy atom. The number of sulfonamides is 1. The summed E-state index contributed by atoms with van der Waals surface area (Å²) in [5.74, 6) is 0.350. The second-order valence-electron chi connectivity index (χ2n) is 9.55. The molecule has 3 aromatic carbocycles. The molecule has 0 spiro atoms. The van der Waals surface area contributed by atoms with Crippen molar-refractivity contribution >= 4 is 27.5 Å². The van der Waals surface area contributed by atoms with Crippen molar-refractivity contribution in [2.75, 3.05) is 38.7 Å². The van der Waals surface area contributed by atoms with Crippen LogP contribution in [0.15, 0.2) is 77.7 Å². The first-order valence-corrected chi connectivity index (χ1v) is 15.1. The molecular weight excluding hydrogens is 558 g/mol. The number of carbonyl (C=O) groups excluding carboxylic acids is 2. The summed E-state index contributed by atoms with van der Waals surface area (Å²) in [4.78, 5) is 28.6. The summed E-state index contributed by atoms with van der Waals surface area (Å²) in [6.07, 6.45) is 1.70. The van der Waals surface area contributed by atoms with E-state index in [0.29, 0.717) is 18.0 Å². The first kappa shape index (κ1) is 32.3. The summed E-state index contributed by atoms with van der Waals surface area (Å²) in [5.41, 5.74) is 0.868. The number of hydrogen-bond acceptors (Lipinski definition) is 7. The number of rotatable bonds is 15. The lowest BCUT2D eigenvalue weighted by Crippen LogP contribution is -2.51. The average Bonchev–Trinajstić information content (AvgIpc) is 3.02. The van der Waals surface area contributed by atoms with Gasteiger partial charge in [0.2, 0.25) is 11.8 Å². The maximum atomic E-state index is 14.1. The molecular formula is C31H39N3O7S.